The SMILES string of the molecule is C=CCC1=CC(=O)C(OCc2ccc(OC)cc2)=CC1=O. The Morgan fingerprint density at radius 2 is 1.81 bits per heavy atom. The predicted octanol–water partition coefficient (Wildman–Crippen LogP) is 2.75. The van der Waals surface area contributed by atoms with Gasteiger partial charge in [0.1, 0.15) is 12.4 Å². The summed E-state index contributed by atoms with van der Waals surface area (Å²) in [5.74, 6) is 0.321. The van der Waals surface area contributed by atoms with Crippen LogP contribution in [0.3, 0.4) is 0 Å². The molecular weight excluding hydrogens is 268 g/mol. The molecule has 0 unspecified atom stereocenters. The third-order valence-corrected chi connectivity index (χ3v) is 3.04. The number of ketones is 2. The molecular formula is C17H16O4. The summed E-state index contributed by atoms with van der Waals surface area (Å²) in [5.41, 5.74) is 1.32. The number of carbonyl (C=O) groups is 2. The van der Waals surface area contributed by atoms with Crippen molar-refractivity contribution in [2.75, 3.05) is 7.11 Å². The lowest BCUT2D eigenvalue weighted by Gasteiger charge is -2.13. The minimum absolute atomic E-state index is 0.0728. The lowest BCUT2D eigenvalue weighted by Crippen LogP contribution is -2.15. The van der Waals surface area contributed by atoms with Crippen LogP contribution in [0.4, 0.5) is 0 Å². The van der Waals surface area contributed by atoms with E-state index in [0.717, 1.165) is 11.3 Å². The van der Waals surface area contributed by atoms with Gasteiger partial charge in [-0.3, -0.25) is 9.59 Å². The highest BCUT2D eigenvalue weighted by Crippen LogP contribution is 2.18. The Kier molecular flexibility index (Phi) is 4.72. The maximum absolute atomic E-state index is 11.9. The topological polar surface area (TPSA) is 52.6 Å². The first-order valence-corrected chi connectivity index (χ1v) is 6.51. The van der Waals surface area contributed by atoms with Crippen LogP contribution in [0.15, 0.2) is 60.4 Å². The molecule has 0 radical (unpaired) electrons. The Morgan fingerprint density at radius 1 is 1.10 bits per heavy atom. The normalized spacial score (nSPS) is 14.3. The van der Waals surface area contributed by atoms with E-state index >= 15 is 0 Å². The molecule has 0 aromatic heterocycles. The number of hydrogen-bond acceptors (Lipinski definition) is 4. The van der Waals surface area contributed by atoms with Gasteiger partial charge in [-0.2, -0.15) is 0 Å². The van der Waals surface area contributed by atoms with Gasteiger partial charge in [-0.1, -0.05) is 18.2 Å². The second kappa shape index (κ2) is 6.70. The number of carbonyl (C=O) groups excluding carboxylic acids is 2. The molecule has 108 valence electrons. The Hall–Kier alpha value is -2.62. The predicted molar refractivity (Wildman–Crippen MR) is 78.8 cm³/mol. The number of ether oxygens (including phenoxy) is 2. The van der Waals surface area contributed by atoms with Crippen LogP contribution in [0.25, 0.3) is 0 Å². The van der Waals surface area contributed by atoms with E-state index in [9.17, 15) is 9.59 Å². The Labute approximate surface area is 123 Å². The van der Waals surface area contributed by atoms with Crippen LogP contribution in [0, 0.1) is 0 Å². The average molecular weight is 284 g/mol. The van der Waals surface area contributed by atoms with Gasteiger partial charge in [-0.25, -0.2) is 0 Å². The molecule has 0 N–H and O–H groups in total. The fourth-order valence-electron chi connectivity index (χ4n) is 1.89. The molecule has 4 heteroatoms. The fourth-order valence-corrected chi connectivity index (χ4v) is 1.89. The first-order valence-electron chi connectivity index (χ1n) is 6.51. The summed E-state index contributed by atoms with van der Waals surface area (Å²) in [6.45, 7) is 3.78. The van der Waals surface area contributed by atoms with E-state index in [2.05, 4.69) is 6.58 Å². The van der Waals surface area contributed by atoms with Gasteiger partial charge in [0.2, 0.25) is 5.78 Å². The van der Waals surface area contributed by atoms with Crippen molar-refractivity contribution in [1.29, 1.82) is 0 Å². The summed E-state index contributed by atoms with van der Waals surface area (Å²) in [5, 5.41) is 0. The van der Waals surface area contributed by atoms with Gasteiger partial charge in [0.15, 0.2) is 11.5 Å². The molecule has 0 saturated heterocycles. The van der Waals surface area contributed by atoms with Gasteiger partial charge in [-0.15, -0.1) is 6.58 Å². The summed E-state index contributed by atoms with van der Waals surface area (Å²) in [7, 11) is 1.59. The van der Waals surface area contributed by atoms with Crippen molar-refractivity contribution < 1.29 is 19.1 Å². The number of hydrogen-bond donors (Lipinski definition) is 0. The van der Waals surface area contributed by atoms with Gasteiger partial charge < -0.3 is 9.47 Å². The van der Waals surface area contributed by atoms with Gasteiger partial charge in [0.05, 0.1) is 7.11 Å². The van der Waals surface area contributed by atoms with Gasteiger partial charge in [-0.05, 0) is 30.2 Å². The number of benzene rings is 1. The van der Waals surface area contributed by atoms with Crippen LogP contribution in [-0.2, 0) is 20.9 Å². The standard InChI is InChI=1S/C17H16O4/c1-3-4-13-9-16(19)17(10-15(13)18)21-11-12-5-7-14(20-2)8-6-12/h3,5-10H,1,4,11H2,2H3. The third kappa shape index (κ3) is 3.69. The molecule has 0 fully saturated rings. The van der Waals surface area contributed by atoms with E-state index < -0.39 is 0 Å². The fraction of sp³-hybridized carbons (Fsp3) is 0.176. The van der Waals surface area contributed by atoms with Crippen molar-refractivity contribution in [3.8, 4) is 5.75 Å². The van der Waals surface area contributed by atoms with Crippen molar-refractivity contribution in [2.24, 2.45) is 0 Å². The van der Waals surface area contributed by atoms with Crippen LogP contribution in [-0.4, -0.2) is 18.7 Å². The van der Waals surface area contributed by atoms with Crippen molar-refractivity contribution in [3.05, 3.63) is 66.0 Å². The van der Waals surface area contributed by atoms with Crippen LogP contribution in [0.1, 0.15) is 12.0 Å². The van der Waals surface area contributed by atoms with E-state index in [4.69, 9.17) is 9.47 Å². The Bertz CT molecular complexity index is 621. The minimum atomic E-state index is -0.292. The van der Waals surface area contributed by atoms with Crippen LogP contribution >= 0.6 is 0 Å². The van der Waals surface area contributed by atoms with Crippen molar-refractivity contribution in [1.82, 2.24) is 0 Å². The average Bonchev–Trinajstić information content (AvgIpc) is 2.50. The van der Waals surface area contributed by atoms with Gasteiger partial charge in [0.25, 0.3) is 0 Å². The maximum Gasteiger partial charge on any atom is 0.220 e. The molecule has 1 aliphatic rings. The van der Waals surface area contributed by atoms with Crippen molar-refractivity contribution in [2.45, 2.75) is 13.0 Å². The smallest absolute Gasteiger partial charge is 0.220 e. The van der Waals surface area contributed by atoms with Gasteiger partial charge in [0, 0.05) is 11.6 Å². The summed E-state index contributed by atoms with van der Waals surface area (Å²) in [4.78, 5) is 23.7. The highest BCUT2D eigenvalue weighted by Gasteiger charge is 2.20. The summed E-state index contributed by atoms with van der Waals surface area (Å²) in [6.07, 6.45) is 4.53. The molecule has 0 aliphatic heterocycles. The third-order valence-electron chi connectivity index (χ3n) is 3.04. The zero-order valence-electron chi connectivity index (χ0n) is 11.8. The van der Waals surface area contributed by atoms with Crippen LogP contribution < -0.4 is 4.74 Å². The van der Waals surface area contributed by atoms with E-state index in [-0.39, 0.29) is 23.9 Å². The number of allylic oxidation sites excluding steroid dienone is 4. The summed E-state index contributed by atoms with van der Waals surface area (Å²) in [6, 6.07) is 7.30. The number of rotatable bonds is 6. The lowest BCUT2D eigenvalue weighted by atomic mass is 10.00. The Balaban J connectivity index is 2.00. The highest BCUT2D eigenvalue weighted by atomic mass is 16.5. The molecule has 0 bridgehead atoms. The zero-order valence-corrected chi connectivity index (χ0v) is 11.8. The molecule has 0 amide bonds. The molecule has 1 aliphatic carbocycles. The van der Waals surface area contributed by atoms with E-state index in [1.807, 2.05) is 24.3 Å². The van der Waals surface area contributed by atoms with E-state index in [1.54, 1.807) is 13.2 Å². The maximum atomic E-state index is 11.9. The summed E-state index contributed by atoms with van der Waals surface area (Å²) < 4.78 is 10.5. The van der Waals surface area contributed by atoms with Crippen LogP contribution in [0.2, 0.25) is 0 Å². The minimum Gasteiger partial charge on any atom is -0.497 e. The first-order chi connectivity index (χ1) is 10.1. The monoisotopic (exact) mass is 284 g/mol. The second-order valence-corrected chi connectivity index (χ2v) is 4.54. The first kappa shape index (κ1) is 14.8. The molecule has 1 aromatic rings. The number of methoxy groups -OCH3 is 1. The van der Waals surface area contributed by atoms with Gasteiger partial charge >= 0.3 is 0 Å². The summed E-state index contributed by atoms with van der Waals surface area (Å²) >= 11 is 0. The molecule has 0 heterocycles. The zero-order chi connectivity index (χ0) is 15.2. The molecule has 0 saturated carbocycles. The molecule has 0 atom stereocenters. The second-order valence-electron chi connectivity index (χ2n) is 4.54. The molecule has 4 nitrogen and oxygen atoms in total. The largest absolute Gasteiger partial charge is 0.497 e. The van der Waals surface area contributed by atoms with Crippen molar-refractivity contribution in [3.63, 3.8) is 0 Å². The Morgan fingerprint density at radius 3 is 2.43 bits per heavy atom. The van der Waals surface area contributed by atoms with Crippen LogP contribution in [0.5, 0.6) is 5.75 Å². The molecule has 0 spiro atoms. The quantitative estimate of drug-likeness (QED) is 0.595. The van der Waals surface area contributed by atoms with Crippen molar-refractivity contribution >= 4 is 11.6 Å². The highest BCUT2D eigenvalue weighted by molar-refractivity contribution is 6.19. The van der Waals surface area contributed by atoms with E-state index in [1.165, 1.54) is 12.2 Å². The molecule has 1 aromatic carbocycles. The lowest BCUT2D eigenvalue weighted by molar-refractivity contribution is -0.117. The molecule has 2 rings (SSSR count). The molecule has 21 heavy (non-hydrogen) atoms. The van der Waals surface area contributed by atoms with E-state index in [0.29, 0.717) is 12.0 Å².